The normalized spacial score (nSPS) is 12.9. The Morgan fingerprint density at radius 1 is 1.57 bits per heavy atom. The van der Waals surface area contributed by atoms with Crippen LogP contribution in [-0.2, 0) is 4.79 Å². The summed E-state index contributed by atoms with van der Waals surface area (Å²) in [7, 11) is 0. The summed E-state index contributed by atoms with van der Waals surface area (Å²) < 4.78 is 1.74. The summed E-state index contributed by atoms with van der Waals surface area (Å²) in [6.45, 7) is 5.63. The monoisotopic (exact) mass is 196 g/mol. The van der Waals surface area contributed by atoms with Gasteiger partial charge in [0.25, 0.3) is 0 Å². The molecule has 3 N–H and O–H groups in total. The molecule has 0 unspecified atom stereocenters. The van der Waals surface area contributed by atoms with Crippen molar-refractivity contribution in [2.24, 2.45) is 5.73 Å². The molecule has 0 saturated carbocycles. The first-order chi connectivity index (χ1) is 6.52. The second-order valence-electron chi connectivity index (χ2n) is 3.53. The molecule has 78 valence electrons. The van der Waals surface area contributed by atoms with E-state index < -0.39 is 6.04 Å². The molecule has 0 radical (unpaired) electrons. The summed E-state index contributed by atoms with van der Waals surface area (Å²) in [6, 6.07) is 1.46. The van der Waals surface area contributed by atoms with E-state index in [-0.39, 0.29) is 11.9 Å². The van der Waals surface area contributed by atoms with Gasteiger partial charge in [-0.1, -0.05) is 0 Å². The Kier molecular flexibility index (Phi) is 3.24. The van der Waals surface area contributed by atoms with Gasteiger partial charge in [0.2, 0.25) is 5.91 Å². The van der Waals surface area contributed by atoms with E-state index in [0.717, 1.165) is 0 Å². The third kappa shape index (κ3) is 2.32. The zero-order valence-corrected chi connectivity index (χ0v) is 8.69. The van der Waals surface area contributed by atoms with Crippen LogP contribution in [-0.4, -0.2) is 21.7 Å². The molecular formula is C9H16N4O. The van der Waals surface area contributed by atoms with E-state index in [1.807, 2.05) is 13.8 Å². The van der Waals surface area contributed by atoms with Gasteiger partial charge < -0.3 is 11.1 Å². The molecule has 14 heavy (non-hydrogen) atoms. The summed E-state index contributed by atoms with van der Waals surface area (Å²) in [5.74, 6) is 0.481. The average Bonchev–Trinajstić information content (AvgIpc) is 2.52. The Hall–Kier alpha value is -1.36. The van der Waals surface area contributed by atoms with Crippen molar-refractivity contribution in [2.45, 2.75) is 32.9 Å². The average molecular weight is 196 g/mol. The molecule has 5 nitrogen and oxygen atoms in total. The Labute approximate surface area is 83.3 Å². The van der Waals surface area contributed by atoms with Crippen molar-refractivity contribution in [3.05, 3.63) is 12.3 Å². The van der Waals surface area contributed by atoms with Crippen LogP contribution in [0.25, 0.3) is 0 Å². The highest BCUT2D eigenvalue weighted by molar-refractivity contribution is 5.93. The minimum Gasteiger partial charge on any atom is -0.320 e. The summed E-state index contributed by atoms with van der Waals surface area (Å²) >= 11 is 0. The van der Waals surface area contributed by atoms with Crippen molar-refractivity contribution >= 4 is 11.7 Å². The number of nitrogens with two attached hydrogens (primary N) is 1. The number of anilines is 1. The SMILES string of the molecule is CC(C)n1nccc1NC(=O)[C@H](C)N. The number of hydrogen-bond acceptors (Lipinski definition) is 3. The number of carbonyl (C=O) groups excluding carboxylic acids is 1. The molecule has 0 aromatic carbocycles. The van der Waals surface area contributed by atoms with Gasteiger partial charge in [-0.05, 0) is 20.8 Å². The highest BCUT2D eigenvalue weighted by Gasteiger charge is 2.11. The molecule has 1 atom stereocenters. The van der Waals surface area contributed by atoms with E-state index in [1.54, 1.807) is 23.9 Å². The maximum atomic E-state index is 11.3. The first kappa shape index (κ1) is 10.7. The van der Waals surface area contributed by atoms with Crippen LogP contribution >= 0.6 is 0 Å². The summed E-state index contributed by atoms with van der Waals surface area (Å²) in [6.07, 6.45) is 1.65. The highest BCUT2D eigenvalue weighted by Crippen LogP contribution is 2.12. The van der Waals surface area contributed by atoms with Gasteiger partial charge in [0, 0.05) is 12.1 Å². The topological polar surface area (TPSA) is 72.9 Å². The maximum Gasteiger partial charge on any atom is 0.242 e. The molecule has 1 rings (SSSR count). The fourth-order valence-electron chi connectivity index (χ4n) is 1.06. The smallest absolute Gasteiger partial charge is 0.242 e. The quantitative estimate of drug-likeness (QED) is 0.749. The Morgan fingerprint density at radius 2 is 2.21 bits per heavy atom. The number of amides is 1. The molecule has 1 heterocycles. The standard InChI is InChI=1S/C9H16N4O/c1-6(2)13-8(4-5-11-13)12-9(14)7(3)10/h4-7H,10H2,1-3H3,(H,12,14)/t7-/m0/s1. The number of nitrogens with one attached hydrogen (secondary N) is 1. The molecule has 0 spiro atoms. The van der Waals surface area contributed by atoms with Crippen LogP contribution in [0.1, 0.15) is 26.8 Å². The van der Waals surface area contributed by atoms with Gasteiger partial charge in [-0.3, -0.25) is 4.79 Å². The lowest BCUT2D eigenvalue weighted by Gasteiger charge is -2.12. The Bertz CT molecular complexity index is 316. The van der Waals surface area contributed by atoms with Crippen molar-refractivity contribution in [1.82, 2.24) is 9.78 Å². The van der Waals surface area contributed by atoms with Crippen molar-refractivity contribution in [3.8, 4) is 0 Å². The van der Waals surface area contributed by atoms with Gasteiger partial charge in [0.05, 0.1) is 12.2 Å². The summed E-state index contributed by atoms with van der Waals surface area (Å²) in [4.78, 5) is 11.3. The lowest BCUT2D eigenvalue weighted by Crippen LogP contribution is -2.33. The minimum atomic E-state index is -0.509. The Morgan fingerprint density at radius 3 is 2.71 bits per heavy atom. The van der Waals surface area contributed by atoms with Gasteiger partial charge in [-0.15, -0.1) is 0 Å². The molecule has 0 aliphatic carbocycles. The second-order valence-corrected chi connectivity index (χ2v) is 3.53. The van der Waals surface area contributed by atoms with Gasteiger partial charge in [-0.2, -0.15) is 5.10 Å². The first-order valence-corrected chi connectivity index (χ1v) is 4.62. The summed E-state index contributed by atoms with van der Waals surface area (Å²) in [5, 5.41) is 6.80. The number of nitrogens with zero attached hydrogens (tertiary/aromatic N) is 2. The van der Waals surface area contributed by atoms with Crippen molar-refractivity contribution in [1.29, 1.82) is 0 Å². The van der Waals surface area contributed by atoms with E-state index >= 15 is 0 Å². The van der Waals surface area contributed by atoms with E-state index in [1.165, 1.54) is 0 Å². The maximum absolute atomic E-state index is 11.3. The van der Waals surface area contributed by atoms with Crippen LogP contribution in [0.4, 0.5) is 5.82 Å². The van der Waals surface area contributed by atoms with E-state index in [0.29, 0.717) is 5.82 Å². The number of aromatic nitrogens is 2. The van der Waals surface area contributed by atoms with Crippen molar-refractivity contribution < 1.29 is 4.79 Å². The van der Waals surface area contributed by atoms with Gasteiger partial charge in [0.1, 0.15) is 5.82 Å². The molecule has 1 amide bonds. The molecule has 0 bridgehead atoms. The number of hydrogen-bond donors (Lipinski definition) is 2. The summed E-state index contributed by atoms with van der Waals surface area (Å²) in [5.41, 5.74) is 5.44. The predicted octanol–water partition coefficient (Wildman–Crippen LogP) is 0.750. The van der Waals surface area contributed by atoms with E-state index in [2.05, 4.69) is 10.4 Å². The van der Waals surface area contributed by atoms with Crippen LogP contribution in [0.15, 0.2) is 12.3 Å². The van der Waals surface area contributed by atoms with Crippen LogP contribution in [0.5, 0.6) is 0 Å². The van der Waals surface area contributed by atoms with Crippen LogP contribution < -0.4 is 11.1 Å². The molecule has 0 aliphatic rings. The van der Waals surface area contributed by atoms with Crippen LogP contribution in [0.3, 0.4) is 0 Å². The number of rotatable bonds is 3. The predicted molar refractivity (Wildman–Crippen MR) is 54.9 cm³/mol. The molecule has 1 aromatic heterocycles. The largest absolute Gasteiger partial charge is 0.320 e. The fourth-order valence-corrected chi connectivity index (χ4v) is 1.06. The van der Waals surface area contributed by atoms with Crippen LogP contribution in [0, 0.1) is 0 Å². The third-order valence-electron chi connectivity index (χ3n) is 1.82. The van der Waals surface area contributed by atoms with Crippen molar-refractivity contribution in [2.75, 3.05) is 5.32 Å². The van der Waals surface area contributed by atoms with Gasteiger partial charge in [-0.25, -0.2) is 4.68 Å². The molecular weight excluding hydrogens is 180 g/mol. The second kappa shape index (κ2) is 4.23. The van der Waals surface area contributed by atoms with E-state index in [4.69, 9.17) is 5.73 Å². The lowest BCUT2D eigenvalue weighted by molar-refractivity contribution is -0.117. The van der Waals surface area contributed by atoms with Gasteiger partial charge >= 0.3 is 0 Å². The molecule has 0 aliphatic heterocycles. The number of carbonyl (C=O) groups is 1. The van der Waals surface area contributed by atoms with E-state index in [9.17, 15) is 4.79 Å². The van der Waals surface area contributed by atoms with Crippen LogP contribution in [0.2, 0.25) is 0 Å². The molecule has 0 fully saturated rings. The fraction of sp³-hybridized carbons (Fsp3) is 0.556. The highest BCUT2D eigenvalue weighted by atomic mass is 16.2. The third-order valence-corrected chi connectivity index (χ3v) is 1.82. The first-order valence-electron chi connectivity index (χ1n) is 4.62. The molecule has 5 heteroatoms. The minimum absolute atomic E-state index is 0.201. The lowest BCUT2D eigenvalue weighted by atomic mass is 10.3. The van der Waals surface area contributed by atoms with Crippen molar-refractivity contribution in [3.63, 3.8) is 0 Å². The zero-order chi connectivity index (χ0) is 10.7. The van der Waals surface area contributed by atoms with Gasteiger partial charge in [0.15, 0.2) is 0 Å². The zero-order valence-electron chi connectivity index (χ0n) is 8.69. The Balaban J connectivity index is 2.76. The molecule has 1 aromatic rings. The molecule has 0 saturated heterocycles.